The molecule has 2 aromatic rings. The van der Waals surface area contributed by atoms with Crippen LogP contribution in [0.2, 0.25) is 0 Å². The number of hydrogen-bond acceptors (Lipinski definition) is 7. The van der Waals surface area contributed by atoms with Gasteiger partial charge in [-0.3, -0.25) is 24.9 Å². The fraction of sp³-hybridized carbons (Fsp3) is 0.391. The number of rotatable bonds is 5. The zero-order chi connectivity index (χ0) is 25.7. The van der Waals surface area contributed by atoms with E-state index in [-0.39, 0.29) is 17.3 Å². The van der Waals surface area contributed by atoms with Crippen LogP contribution in [0, 0.1) is 5.92 Å². The number of carbonyl (C=O) groups excluding carboxylic acids is 3. The molecule has 190 valence electrons. The van der Waals surface area contributed by atoms with Crippen molar-refractivity contribution >= 4 is 29.2 Å². The zero-order valence-corrected chi connectivity index (χ0v) is 19.1. The molecule has 13 heteroatoms. The van der Waals surface area contributed by atoms with Gasteiger partial charge in [0.15, 0.2) is 0 Å². The Hall–Kier alpha value is -3.71. The van der Waals surface area contributed by atoms with Crippen molar-refractivity contribution in [3.8, 4) is 5.75 Å². The Morgan fingerprint density at radius 3 is 2.42 bits per heavy atom. The van der Waals surface area contributed by atoms with Gasteiger partial charge in [0.25, 0.3) is 11.8 Å². The standard InChI is InChI=1S/C23H22F3N5O5/c1-14-13-22(14)20(33)30(15-2-4-17(5-3-15)36-23(24,25)26)21(34)31(22)16-6-7-27-18(12-16)19(32)28-29-8-10-35-11-9-29/h2-7,12,14H,8-11,13H2,1H3,(H,28,32). The van der Waals surface area contributed by atoms with Crippen molar-refractivity contribution in [3.63, 3.8) is 0 Å². The Labute approximate surface area is 203 Å². The van der Waals surface area contributed by atoms with E-state index in [1.54, 1.807) is 5.01 Å². The second-order valence-corrected chi connectivity index (χ2v) is 8.77. The highest BCUT2D eigenvalue weighted by Crippen LogP contribution is 2.55. The lowest BCUT2D eigenvalue weighted by atomic mass is 10.1. The summed E-state index contributed by atoms with van der Waals surface area (Å²) in [6.45, 7) is 3.84. The average molecular weight is 505 g/mol. The Morgan fingerprint density at radius 1 is 1.14 bits per heavy atom. The van der Waals surface area contributed by atoms with E-state index in [4.69, 9.17) is 4.74 Å². The first-order valence-electron chi connectivity index (χ1n) is 11.2. The van der Waals surface area contributed by atoms with Crippen molar-refractivity contribution in [1.82, 2.24) is 15.4 Å². The maximum atomic E-state index is 13.5. The van der Waals surface area contributed by atoms with Crippen LogP contribution in [0.25, 0.3) is 0 Å². The minimum Gasteiger partial charge on any atom is -0.406 e. The van der Waals surface area contributed by atoms with Gasteiger partial charge in [-0.2, -0.15) is 0 Å². The number of nitrogens with one attached hydrogen (secondary N) is 1. The molecule has 3 heterocycles. The molecule has 1 aliphatic carbocycles. The van der Waals surface area contributed by atoms with Crippen molar-refractivity contribution in [3.05, 3.63) is 48.3 Å². The molecule has 10 nitrogen and oxygen atoms in total. The van der Waals surface area contributed by atoms with Crippen LogP contribution in [0.3, 0.4) is 0 Å². The van der Waals surface area contributed by atoms with Crippen LogP contribution in [0.4, 0.5) is 29.3 Å². The zero-order valence-electron chi connectivity index (χ0n) is 19.1. The molecule has 1 spiro atoms. The molecule has 4 amide bonds. The number of hydrazine groups is 1. The summed E-state index contributed by atoms with van der Waals surface area (Å²) in [4.78, 5) is 46.1. The quantitative estimate of drug-likeness (QED) is 0.624. The van der Waals surface area contributed by atoms with E-state index in [0.29, 0.717) is 38.4 Å². The number of imide groups is 1. The normalized spacial score (nSPS) is 24.4. The number of anilines is 2. The van der Waals surface area contributed by atoms with Crippen molar-refractivity contribution in [2.45, 2.75) is 25.2 Å². The van der Waals surface area contributed by atoms with E-state index < -0.39 is 35.5 Å². The van der Waals surface area contributed by atoms with E-state index in [9.17, 15) is 27.6 Å². The molecule has 5 rings (SSSR count). The molecule has 2 unspecified atom stereocenters. The van der Waals surface area contributed by atoms with E-state index >= 15 is 0 Å². The summed E-state index contributed by atoms with van der Waals surface area (Å²) in [5.41, 5.74) is 2.11. The van der Waals surface area contributed by atoms with Gasteiger partial charge in [-0.15, -0.1) is 13.2 Å². The molecule has 1 aromatic carbocycles. The average Bonchev–Trinajstić information content (AvgIpc) is 3.45. The minimum absolute atomic E-state index is 0.0646. The number of benzene rings is 1. The number of halogens is 3. The first kappa shape index (κ1) is 24.0. The molecule has 0 bridgehead atoms. The summed E-state index contributed by atoms with van der Waals surface area (Å²) in [6, 6.07) is 6.82. The Kier molecular flexibility index (Phi) is 5.83. The van der Waals surface area contributed by atoms with Gasteiger partial charge in [0.05, 0.1) is 24.6 Å². The molecule has 1 N–H and O–H groups in total. The highest BCUT2D eigenvalue weighted by atomic mass is 19.4. The van der Waals surface area contributed by atoms with Crippen molar-refractivity contribution in [2.75, 3.05) is 36.1 Å². The van der Waals surface area contributed by atoms with Crippen LogP contribution < -0.4 is 20.0 Å². The SMILES string of the molecule is CC1CC12C(=O)N(c1ccc(OC(F)(F)F)cc1)C(=O)N2c1ccnc(C(=O)NN2CCOCC2)c1. The fourth-order valence-electron chi connectivity index (χ4n) is 4.59. The largest absolute Gasteiger partial charge is 0.573 e. The van der Waals surface area contributed by atoms with Gasteiger partial charge in [-0.1, -0.05) is 6.92 Å². The molecule has 36 heavy (non-hydrogen) atoms. The smallest absolute Gasteiger partial charge is 0.406 e. The third kappa shape index (κ3) is 4.24. The highest BCUT2D eigenvalue weighted by molar-refractivity contribution is 6.32. The van der Waals surface area contributed by atoms with Gasteiger partial charge in [0, 0.05) is 19.3 Å². The molecule has 2 aliphatic heterocycles. The molecular formula is C23H22F3N5O5. The van der Waals surface area contributed by atoms with Crippen LogP contribution in [-0.2, 0) is 9.53 Å². The summed E-state index contributed by atoms with van der Waals surface area (Å²) in [5, 5.41) is 1.71. The van der Waals surface area contributed by atoms with Gasteiger partial charge in [0.2, 0.25) is 0 Å². The topological polar surface area (TPSA) is 104 Å². The second-order valence-electron chi connectivity index (χ2n) is 8.77. The number of pyridine rings is 1. The molecule has 2 saturated heterocycles. The number of ether oxygens (including phenoxy) is 2. The van der Waals surface area contributed by atoms with Crippen LogP contribution in [0.15, 0.2) is 42.6 Å². The van der Waals surface area contributed by atoms with Gasteiger partial charge >= 0.3 is 12.4 Å². The third-order valence-corrected chi connectivity index (χ3v) is 6.46. The summed E-state index contributed by atoms with van der Waals surface area (Å²) in [5.74, 6) is -1.58. The van der Waals surface area contributed by atoms with Crippen LogP contribution in [0.5, 0.6) is 5.75 Å². The summed E-state index contributed by atoms with van der Waals surface area (Å²) in [6.07, 6.45) is -3.08. The number of nitrogens with zero attached hydrogens (tertiary/aromatic N) is 4. The molecule has 1 aromatic heterocycles. The van der Waals surface area contributed by atoms with Crippen LogP contribution >= 0.6 is 0 Å². The second kappa shape index (κ2) is 8.75. The number of hydrogen-bond donors (Lipinski definition) is 1. The third-order valence-electron chi connectivity index (χ3n) is 6.46. The number of morpholine rings is 1. The number of urea groups is 1. The molecule has 2 atom stereocenters. The molecule has 1 saturated carbocycles. The molecule has 3 fully saturated rings. The minimum atomic E-state index is -4.86. The molecule has 3 aliphatic rings. The summed E-state index contributed by atoms with van der Waals surface area (Å²) >= 11 is 0. The lowest BCUT2D eigenvalue weighted by molar-refractivity contribution is -0.274. The van der Waals surface area contributed by atoms with Crippen molar-refractivity contribution < 1.29 is 37.0 Å². The summed E-state index contributed by atoms with van der Waals surface area (Å²) < 4.78 is 46.6. The number of carbonyl (C=O) groups is 3. The monoisotopic (exact) mass is 505 g/mol. The Balaban J connectivity index is 1.41. The molecule has 0 radical (unpaired) electrons. The van der Waals surface area contributed by atoms with Gasteiger partial charge in [-0.05, 0) is 48.7 Å². The fourth-order valence-corrected chi connectivity index (χ4v) is 4.59. The summed E-state index contributed by atoms with van der Waals surface area (Å²) in [7, 11) is 0. The van der Waals surface area contributed by atoms with Crippen molar-refractivity contribution in [2.24, 2.45) is 5.92 Å². The van der Waals surface area contributed by atoms with Crippen LogP contribution in [0.1, 0.15) is 23.8 Å². The van der Waals surface area contributed by atoms with Crippen molar-refractivity contribution in [1.29, 1.82) is 0 Å². The maximum absolute atomic E-state index is 13.5. The predicted octanol–water partition coefficient (Wildman–Crippen LogP) is 2.71. The lowest BCUT2D eigenvalue weighted by Crippen LogP contribution is -2.48. The van der Waals surface area contributed by atoms with Crippen LogP contribution in [-0.4, -0.2) is 66.0 Å². The number of alkyl halides is 3. The number of amides is 4. The Bertz CT molecular complexity index is 1200. The maximum Gasteiger partial charge on any atom is 0.573 e. The van der Waals surface area contributed by atoms with Gasteiger partial charge < -0.3 is 9.47 Å². The first-order valence-corrected chi connectivity index (χ1v) is 11.2. The predicted molar refractivity (Wildman–Crippen MR) is 119 cm³/mol. The Morgan fingerprint density at radius 2 is 1.81 bits per heavy atom. The van der Waals surface area contributed by atoms with Gasteiger partial charge in [-0.25, -0.2) is 14.7 Å². The molecular weight excluding hydrogens is 483 g/mol. The van der Waals surface area contributed by atoms with Gasteiger partial charge in [0.1, 0.15) is 17.0 Å². The van der Waals surface area contributed by atoms with E-state index in [2.05, 4.69) is 15.1 Å². The van der Waals surface area contributed by atoms with E-state index in [1.807, 2.05) is 6.92 Å². The first-order chi connectivity index (χ1) is 17.1. The highest BCUT2D eigenvalue weighted by Gasteiger charge is 2.70. The van der Waals surface area contributed by atoms with E-state index in [1.165, 1.54) is 35.4 Å². The lowest BCUT2D eigenvalue weighted by Gasteiger charge is -2.27. The van der Waals surface area contributed by atoms with E-state index in [0.717, 1.165) is 17.0 Å². The number of aromatic nitrogens is 1.